The summed E-state index contributed by atoms with van der Waals surface area (Å²) in [6.45, 7) is 3.91. The molecule has 0 saturated heterocycles. The summed E-state index contributed by atoms with van der Waals surface area (Å²) in [7, 11) is 1.59. The van der Waals surface area contributed by atoms with Gasteiger partial charge in [-0.2, -0.15) is 0 Å². The van der Waals surface area contributed by atoms with Crippen LogP contribution in [0.1, 0.15) is 32.0 Å². The minimum Gasteiger partial charge on any atom is -0.497 e. The number of nitrogens with zero attached hydrogens (tertiary/aromatic N) is 1. The van der Waals surface area contributed by atoms with Gasteiger partial charge >= 0.3 is 0 Å². The summed E-state index contributed by atoms with van der Waals surface area (Å²) in [5.41, 5.74) is 8.80. The molecule has 0 saturated carbocycles. The third kappa shape index (κ3) is 4.29. The standard InChI is InChI=1S/C20H20N4O3S/c1-11-4-5-13(10-12(11)2)18(26)24-19-16(17(21)25)23-20(28-19)22-14-6-8-15(27-3)9-7-14/h4-10H,1-3H3,(H2,21,25)(H,22,23)(H,24,26). The van der Waals surface area contributed by atoms with Crippen LogP contribution in [-0.4, -0.2) is 23.9 Å². The van der Waals surface area contributed by atoms with Gasteiger partial charge in [-0.15, -0.1) is 0 Å². The summed E-state index contributed by atoms with van der Waals surface area (Å²) in [6.07, 6.45) is 0. The first-order chi connectivity index (χ1) is 13.4. The van der Waals surface area contributed by atoms with Crippen LogP contribution in [0.2, 0.25) is 0 Å². The van der Waals surface area contributed by atoms with Crippen LogP contribution >= 0.6 is 11.3 Å². The van der Waals surface area contributed by atoms with Crippen molar-refractivity contribution < 1.29 is 14.3 Å². The lowest BCUT2D eigenvalue weighted by atomic mass is 10.1. The molecule has 1 aromatic heterocycles. The van der Waals surface area contributed by atoms with Crippen molar-refractivity contribution in [2.24, 2.45) is 5.73 Å². The molecule has 0 radical (unpaired) electrons. The molecule has 2 aromatic carbocycles. The van der Waals surface area contributed by atoms with E-state index in [9.17, 15) is 9.59 Å². The lowest BCUT2D eigenvalue weighted by Crippen LogP contribution is -2.17. The van der Waals surface area contributed by atoms with Gasteiger partial charge in [-0.3, -0.25) is 9.59 Å². The number of carbonyl (C=O) groups is 2. The van der Waals surface area contributed by atoms with E-state index in [1.54, 1.807) is 31.4 Å². The van der Waals surface area contributed by atoms with Crippen molar-refractivity contribution in [3.8, 4) is 5.75 Å². The molecular formula is C20H20N4O3S. The van der Waals surface area contributed by atoms with Crippen LogP contribution in [0.25, 0.3) is 0 Å². The number of anilines is 3. The van der Waals surface area contributed by atoms with Crippen LogP contribution in [0.3, 0.4) is 0 Å². The highest BCUT2D eigenvalue weighted by molar-refractivity contribution is 7.20. The molecule has 28 heavy (non-hydrogen) atoms. The molecule has 3 rings (SSSR count). The van der Waals surface area contributed by atoms with E-state index in [0.717, 1.165) is 33.9 Å². The van der Waals surface area contributed by atoms with E-state index >= 15 is 0 Å². The number of rotatable bonds is 6. The summed E-state index contributed by atoms with van der Waals surface area (Å²) in [5.74, 6) is -0.316. The Hall–Kier alpha value is -3.39. The molecule has 0 spiro atoms. The number of benzene rings is 2. The Balaban J connectivity index is 1.82. The third-order valence-corrected chi connectivity index (χ3v) is 5.08. The first-order valence-corrected chi connectivity index (χ1v) is 9.29. The highest BCUT2D eigenvalue weighted by Crippen LogP contribution is 2.31. The van der Waals surface area contributed by atoms with Crippen molar-refractivity contribution in [2.75, 3.05) is 17.7 Å². The summed E-state index contributed by atoms with van der Waals surface area (Å²) < 4.78 is 5.13. The van der Waals surface area contributed by atoms with E-state index in [0.29, 0.717) is 15.7 Å². The van der Waals surface area contributed by atoms with E-state index in [1.165, 1.54) is 0 Å². The molecule has 0 aliphatic rings. The summed E-state index contributed by atoms with van der Waals surface area (Å²) in [5, 5.41) is 6.57. The highest BCUT2D eigenvalue weighted by Gasteiger charge is 2.19. The molecule has 0 aliphatic carbocycles. The van der Waals surface area contributed by atoms with Gasteiger partial charge in [0.1, 0.15) is 10.8 Å². The molecule has 0 aliphatic heterocycles. The van der Waals surface area contributed by atoms with E-state index in [4.69, 9.17) is 10.5 Å². The normalized spacial score (nSPS) is 10.4. The van der Waals surface area contributed by atoms with Crippen molar-refractivity contribution in [3.63, 3.8) is 0 Å². The van der Waals surface area contributed by atoms with Crippen LogP contribution < -0.4 is 21.1 Å². The van der Waals surface area contributed by atoms with Gasteiger partial charge in [-0.1, -0.05) is 17.4 Å². The number of primary amides is 1. The number of nitrogens with one attached hydrogen (secondary N) is 2. The zero-order valence-corrected chi connectivity index (χ0v) is 16.5. The number of thiazole rings is 1. The Bertz CT molecular complexity index is 1030. The molecular weight excluding hydrogens is 376 g/mol. The Morgan fingerprint density at radius 3 is 2.39 bits per heavy atom. The number of aromatic nitrogens is 1. The number of hydrogen-bond donors (Lipinski definition) is 3. The van der Waals surface area contributed by atoms with Gasteiger partial charge in [-0.25, -0.2) is 4.98 Å². The molecule has 0 fully saturated rings. The van der Waals surface area contributed by atoms with Crippen LogP contribution in [0.15, 0.2) is 42.5 Å². The number of nitrogens with two attached hydrogens (primary N) is 1. The summed E-state index contributed by atoms with van der Waals surface area (Å²) >= 11 is 1.14. The second-order valence-corrected chi connectivity index (χ2v) is 7.17. The quantitative estimate of drug-likeness (QED) is 0.586. The van der Waals surface area contributed by atoms with E-state index in [-0.39, 0.29) is 11.6 Å². The average molecular weight is 396 g/mol. The maximum absolute atomic E-state index is 12.6. The summed E-state index contributed by atoms with van der Waals surface area (Å²) in [6, 6.07) is 12.6. The molecule has 7 nitrogen and oxygen atoms in total. The lowest BCUT2D eigenvalue weighted by molar-refractivity contribution is 0.0997. The van der Waals surface area contributed by atoms with Crippen molar-refractivity contribution in [3.05, 3.63) is 64.8 Å². The van der Waals surface area contributed by atoms with Gasteiger partial charge in [0.25, 0.3) is 11.8 Å². The fourth-order valence-corrected chi connectivity index (χ4v) is 3.37. The SMILES string of the molecule is COc1ccc(Nc2nc(C(N)=O)c(NC(=O)c3ccc(C)c(C)c3)s2)cc1. The molecule has 4 N–H and O–H groups in total. The fourth-order valence-electron chi connectivity index (χ4n) is 2.48. The zero-order valence-electron chi connectivity index (χ0n) is 15.7. The average Bonchev–Trinajstić information content (AvgIpc) is 3.07. The van der Waals surface area contributed by atoms with E-state index in [1.807, 2.05) is 32.0 Å². The van der Waals surface area contributed by atoms with Crippen LogP contribution in [0, 0.1) is 13.8 Å². The monoisotopic (exact) mass is 396 g/mol. The number of hydrogen-bond acceptors (Lipinski definition) is 6. The number of carbonyl (C=O) groups excluding carboxylic acids is 2. The third-order valence-electron chi connectivity index (χ3n) is 4.20. The van der Waals surface area contributed by atoms with Crippen molar-refractivity contribution in [2.45, 2.75) is 13.8 Å². The van der Waals surface area contributed by atoms with Crippen LogP contribution in [0.5, 0.6) is 5.75 Å². The Morgan fingerprint density at radius 2 is 1.79 bits per heavy atom. The Labute approximate surface area is 166 Å². The molecule has 8 heteroatoms. The first kappa shape index (κ1) is 19.4. The van der Waals surface area contributed by atoms with Crippen LogP contribution in [-0.2, 0) is 0 Å². The Kier molecular flexibility index (Phi) is 5.60. The van der Waals surface area contributed by atoms with Gasteiger partial charge < -0.3 is 21.1 Å². The van der Waals surface area contributed by atoms with Crippen LogP contribution in [0.4, 0.5) is 15.8 Å². The largest absolute Gasteiger partial charge is 0.497 e. The van der Waals surface area contributed by atoms with Crippen molar-refractivity contribution >= 4 is 39.0 Å². The van der Waals surface area contributed by atoms with Gasteiger partial charge in [-0.05, 0) is 61.4 Å². The number of amides is 2. The van der Waals surface area contributed by atoms with Gasteiger partial charge in [0.2, 0.25) is 0 Å². The predicted octanol–water partition coefficient (Wildman–Crippen LogP) is 3.86. The van der Waals surface area contributed by atoms with Crippen molar-refractivity contribution in [1.82, 2.24) is 4.98 Å². The maximum atomic E-state index is 12.6. The fraction of sp³-hybridized carbons (Fsp3) is 0.150. The first-order valence-electron chi connectivity index (χ1n) is 8.47. The predicted molar refractivity (Wildman–Crippen MR) is 111 cm³/mol. The summed E-state index contributed by atoms with van der Waals surface area (Å²) in [4.78, 5) is 28.5. The van der Waals surface area contributed by atoms with Gasteiger partial charge in [0.15, 0.2) is 10.8 Å². The number of methoxy groups -OCH3 is 1. The number of ether oxygens (including phenoxy) is 1. The molecule has 3 aromatic rings. The molecule has 0 unspecified atom stereocenters. The minimum atomic E-state index is -0.714. The number of aryl methyl sites for hydroxylation is 2. The molecule has 1 heterocycles. The molecule has 0 atom stereocenters. The molecule has 144 valence electrons. The zero-order chi connectivity index (χ0) is 20.3. The van der Waals surface area contributed by atoms with Gasteiger partial charge in [0, 0.05) is 11.3 Å². The minimum absolute atomic E-state index is 0.0122. The second kappa shape index (κ2) is 8.10. The van der Waals surface area contributed by atoms with Gasteiger partial charge in [0.05, 0.1) is 7.11 Å². The smallest absolute Gasteiger partial charge is 0.270 e. The maximum Gasteiger partial charge on any atom is 0.270 e. The van der Waals surface area contributed by atoms with E-state index < -0.39 is 5.91 Å². The lowest BCUT2D eigenvalue weighted by Gasteiger charge is -2.06. The topological polar surface area (TPSA) is 106 Å². The molecule has 2 amide bonds. The molecule has 0 bridgehead atoms. The van der Waals surface area contributed by atoms with Crippen molar-refractivity contribution in [1.29, 1.82) is 0 Å². The highest BCUT2D eigenvalue weighted by atomic mass is 32.1. The second-order valence-electron chi connectivity index (χ2n) is 6.17. The van der Waals surface area contributed by atoms with E-state index in [2.05, 4.69) is 15.6 Å². The Morgan fingerprint density at radius 1 is 1.07 bits per heavy atom.